The minimum Gasteiger partial charge on any atom is -0.480 e. The van der Waals surface area contributed by atoms with Gasteiger partial charge in [0, 0.05) is 39.3 Å². The van der Waals surface area contributed by atoms with Crippen molar-refractivity contribution >= 4 is 11.9 Å². The van der Waals surface area contributed by atoms with Crippen molar-refractivity contribution in [1.29, 1.82) is 0 Å². The molecule has 2 fully saturated rings. The van der Waals surface area contributed by atoms with Crippen molar-refractivity contribution in [2.75, 3.05) is 45.9 Å². The molecule has 0 aromatic rings. The van der Waals surface area contributed by atoms with Crippen LogP contribution < -0.4 is 0 Å². The number of rotatable bonds is 5. The average molecular weight is 313 g/mol. The summed E-state index contributed by atoms with van der Waals surface area (Å²) in [5, 5.41) is 18.3. The molecule has 1 unspecified atom stereocenters. The summed E-state index contributed by atoms with van der Waals surface area (Å²) < 4.78 is 0. The number of nitrogens with zero attached hydrogens (tertiary/aromatic N) is 3. The second-order valence-corrected chi connectivity index (χ2v) is 6.61. The van der Waals surface area contributed by atoms with Gasteiger partial charge >= 0.3 is 5.97 Å². The Kier molecular flexibility index (Phi) is 5.41. The first-order chi connectivity index (χ1) is 10.4. The van der Waals surface area contributed by atoms with E-state index in [1.807, 2.05) is 13.8 Å². The van der Waals surface area contributed by atoms with E-state index in [1.165, 1.54) is 4.90 Å². The Hall–Kier alpha value is -1.18. The zero-order valence-corrected chi connectivity index (χ0v) is 13.5. The number of likely N-dealkylation sites (tertiary alicyclic amines) is 1. The van der Waals surface area contributed by atoms with Gasteiger partial charge in [-0.1, -0.05) is 0 Å². The van der Waals surface area contributed by atoms with E-state index in [0.29, 0.717) is 19.5 Å². The van der Waals surface area contributed by atoms with Crippen LogP contribution in [0.25, 0.3) is 0 Å². The summed E-state index contributed by atoms with van der Waals surface area (Å²) in [7, 11) is 0. The summed E-state index contributed by atoms with van der Waals surface area (Å²) >= 11 is 0. The molecule has 2 N–H and O–H groups in total. The summed E-state index contributed by atoms with van der Waals surface area (Å²) in [6.07, 6.45) is 1.30. The Labute approximate surface area is 131 Å². The van der Waals surface area contributed by atoms with E-state index in [9.17, 15) is 14.7 Å². The number of hydrogen-bond acceptors (Lipinski definition) is 5. The summed E-state index contributed by atoms with van der Waals surface area (Å²) in [6, 6.07) is -0.678. The Morgan fingerprint density at radius 3 is 2.32 bits per heavy atom. The van der Waals surface area contributed by atoms with Crippen LogP contribution in [0.2, 0.25) is 0 Å². The predicted octanol–water partition coefficient (Wildman–Crippen LogP) is -0.549. The average Bonchev–Trinajstić information content (AvgIpc) is 2.97. The van der Waals surface area contributed by atoms with Crippen LogP contribution in [0.15, 0.2) is 0 Å². The Morgan fingerprint density at radius 2 is 1.77 bits per heavy atom. The van der Waals surface area contributed by atoms with Crippen LogP contribution in [0.5, 0.6) is 0 Å². The standard InChI is InChI=1S/C15H27N3O4/c1-15(2,17-8-6-16(7-9-17)10-11-19)14(22)18-5-3-4-12(18)13(20)21/h12,19H,3-11H2,1-2H3,(H,20,21). The van der Waals surface area contributed by atoms with Crippen LogP contribution in [-0.2, 0) is 9.59 Å². The first kappa shape index (κ1) is 17.2. The maximum absolute atomic E-state index is 12.9. The van der Waals surface area contributed by atoms with Crippen LogP contribution >= 0.6 is 0 Å². The topological polar surface area (TPSA) is 84.3 Å². The van der Waals surface area contributed by atoms with Crippen LogP contribution in [0, 0.1) is 0 Å². The van der Waals surface area contributed by atoms with Gasteiger partial charge in [-0.25, -0.2) is 4.79 Å². The quantitative estimate of drug-likeness (QED) is 0.708. The zero-order valence-electron chi connectivity index (χ0n) is 13.5. The van der Waals surface area contributed by atoms with Crippen molar-refractivity contribution in [3.8, 4) is 0 Å². The fourth-order valence-corrected chi connectivity index (χ4v) is 3.43. The van der Waals surface area contributed by atoms with Gasteiger partial charge < -0.3 is 15.1 Å². The minimum atomic E-state index is -0.908. The van der Waals surface area contributed by atoms with Gasteiger partial charge in [0.2, 0.25) is 5.91 Å². The summed E-state index contributed by atoms with van der Waals surface area (Å²) in [5.74, 6) is -0.998. The third-order valence-electron chi connectivity index (χ3n) is 4.90. The first-order valence-corrected chi connectivity index (χ1v) is 8.00. The molecule has 0 aromatic heterocycles. The van der Waals surface area contributed by atoms with Gasteiger partial charge in [-0.15, -0.1) is 0 Å². The molecule has 0 spiro atoms. The monoisotopic (exact) mass is 313 g/mol. The highest BCUT2D eigenvalue weighted by molar-refractivity contribution is 5.90. The molecule has 22 heavy (non-hydrogen) atoms. The third-order valence-corrected chi connectivity index (χ3v) is 4.90. The molecule has 2 aliphatic heterocycles. The van der Waals surface area contributed by atoms with Gasteiger partial charge in [-0.2, -0.15) is 0 Å². The van der Waals surface area contributed by atoms with Crippen LogP contribution in [0.4, 0.5) is 0 Å². The van der Waals surface area contributed by atoms with Gasteiger partial charge in [0.15, 0.2) is 0 Å². The number of carboxylic acid groups (broad SMARTS) is 1. The SMILES string of the molecule is CC(C)(C(=O)N1CCCC1C(=O)O)N1CCN(CCO)CC1. The number of carbonyl (C=O) groups excluding carboxylic acids is 1. The number of amides is 1. The maximum atomic E-state index is 12.9. The molecule has 2 heterocycles. The normalized spacial score (nSPS) is 24.7. The molecule has 2 saturated heterocycles. The van der Waals surface area contributed by atoms with Gasteiger partial charge in [-0.05, 0) is 26.7 Å². The number of aliphatic hydroxyl groups excluding tert-OH is 1. The molecule has 0 saturated carbocycles. The van der Waals surface area contributed by atoms with E-state index >= 15 is 0 Å². The summed E-state index contributed by atoms with van der Waals surface area (Å²) in [6.45, 7) is 8.26. The number of piperazine rings is 1. The van der Waals surface area contributed by atoms with Crippen molar-refractivity contribution in [2.45, 2.75) is 38.3 Å². The van der Waals surface area contributed by atoms with Crippen LogP contribution in [0.3, 0.4) is 0 Å². The Balaban J connectivity index is 2.00. The van der Waals surface area contributed by atoms with Crippen molar-refractivity contribution in [3.63, 3.8) is 0 Å². The summed E-state index contributed by atoms with van der Waals surface area (Å²) in [5.41, 5.74) is -0.691. The van der Waals surface area contributed by atoms with E-state index in [1.54, 1.807) is 0 Å². The van der Waals surface area contributed by atoms with Crippen molar-refractivity contribution in [1.82, 2.24) is 14.7 Å². The van der Waals surface area contributed by atoms with Crippen molar-refractivity contribution < 1.29 is 19.8 Å². The van der Waals surface area contributed by atoms with E-state index < -0.39 is 17.6 Å². The van der Waals surface area contributed by atoms with Crippen molar-refractivity contribution in [3.05, 3.63) is 0 Å². The second kappa shape index (κ2) is 6.93. The van der Waals surface area contributed by atoms with E-state index in [2.05, 4.69) is 9.80 Å². The molecule has 2 aliphatic rings. The van der Waals surface area contributed by atoms with Gasteiger partial charge in [0.25, 0.3) is 0 Å². The lowest BCUT2D eigenvalue weighted by Crippen LogP contribution is -2.62. The molecule has 0 radical (unpaired) electrons. The number of aliphatic hydroxyl groups is 1. The molecule has 1 amide bonds. The number of aliphatic carboxylic acids is 1. The van der Waals surface area contributed by atoms with Gasteiger partial charge in [-0.3, -0.25) is 14.6 Å². The van der Waals surface area contributed by atoms with Crippen LogP contribution in [0.1, 0.15) is 26.7 Å². The smallest absolute Gasteiger partial charge is 0.326 e. The molecule has 7 nitrogen and oxygen atoms in total. The van der Waals surface area contributed by atoms with Crippen molar-refractivity contribution in [2.24, 2.45) is 0 Å². The highest BCUT2D eigenvalue weighted by Gasteiger charge is 2.44. The molecule has 0 bridgehead atoms. The molecule has 126 valence electrons. The van der Waals surface area contributed by atoms with E-state index in [-0.39, 0.29) is 12.5 Å². The summed E-state index contributed by atoms with van der Waals surface area (Å²) in [4.78, 5) is 30.0. The lowest BCUT2D eigenvalue weighted by Gasteiger charge is -2.44. The molecule has 1 atom stereocenters. The number of β-amino-alcohol motifs (C(OH)–C–C–N with tert-alkyl or cyclic N) is 1. The number of carbonyl (C=O) groups is 2. The Bertz CT molecular complexity index is 419. The second-order valence-electron chi connectivity index (χ2n) is 6.61. The molecule has 0 aliphatic carbocycles. The first-order valence-electron chi connectivity index (χ1n) is 8.00. The molecule has 2 rings (SSSR count). The molecule has 0 aromatic carbocycles. The van der Waals surface area contributed by atoms with E-state index in [4.69, 9.17) is 5.11 Å². The maximum Gasteiger partial charge on any atom is 0.326 e. The molecular weight excluding hydrogens is 286 g/mol. The minimum absolute atomic E-state index is 0.0898. The van der Waals surface area contributed by atoms with Gasteiger partial charge in [0.1, 0.15) is 6.04 Å². The van der Waals surface area contributed by atoms with Crippen LogP contribution in [-0.4, -0.2) is 94.2 Å². The lowest BCUT2D eigenvalue weighted by molar-refractivity contribution is -0.154. The zero-order chi connectivity index (χ0) is 16.3. The highest BCUT2D eigenvalue weighted by Crippen LogP contribution is 2.26. The number of carboxylic acids is 1. The largest absolute Gasteiger partial charge is 0.480 e. The molecule has 7 heteroatoms. The van der Waals surface area contributed by atoms with Gasteiger partial charge in [0.05, 0.1) is 12.1 Å². The number of hydrogen-bond donors (Lipinski definition) is 2. The Morgan fingerprint density at radius 1 is 1.14 bits per heavy atom. The predicted molar refractivity (Wildman–Crippen MR) is 81.5 cm³/mol. The third kappa shape index (κ3) is 3.42. The van der Waals surface area contributed by atoms with E-state index in [0.717, 1.165) is 32.6 Å². The highest BCUT2D eigenvalue weighted by atomic mass is 16.4. The molecular formula is C15H27N3O4. The fourth-order valence-electron chi connectivity index (χ4n) is 3.43. The fraction of sp³-hybridized carbons (Fsp3) is 0.867. The lowest BCUT2D eigenvalue weighted by atomic mass is 9.98.